The third-order valence-electron chi connectivity index (χ3n) is 4.59. The molecule has 0 bridgehead atoms. The molecule has 0 aliphatic carbocycles. The highest BCUT2D eigenvalue weighted by Gasteiger charge is 2.47. The number of carboxylic acids is 1. The zero-order chi connectivity index (χ0) is 18.4. The van der Waals surface area contributed by atoms with Crippen molar-refractivity contribution in [2.45, 2.75) is 32.2 Å². The molecule has 9 heteroatoms. The summed E-state index contributed by atoms with van der Waals surface area (Å²) in [6, 6.07) is 4.04. The number of benzene rings is 1. The standard InChI is InChI=1S/C16H16ClFN4O3/c1-9-13(14(23)21-7-3-6-16(21,2)15(24)25)19-20-22(9)10-4-5-12(18)11(17)8-10/h4-5,8H,3,6-7H2,1-2H3,(H,24,25). The molecular weight excluding hydrogens is 351 g/mol. The first-order valence-corrected chi connectivity index (χ1v) is 8.06. The summed E-state index contributed by atoms with van der Waals surface area (Å²) in [5.74, 6) is -2.10. The molecule has 2 heterocycles. The summed E-state index contributed by atoms with van der Waals surface area (Å²) in [6.45, 7) is 3.51. The molecule has 1 unspecified atom stereocenters. The number of rotatable bonds is 3. The highest BCUT2D eigenvalue weighted by molar-refractivity contribution is 6.30. The van der Waals surface area contributed by atoms with Crippen LogP contribution in [0.15, 0.2) is 18.2 Å². The molecule has 3 rings (SSSR count). The van der Waals surface area contributed by atoms with Crippen LogP contribution in [0.5, 0.6) is 0 Å². The highest BCUT2D eigenvalue weighted by atomic mass is 35.5. The SMILES string of the molecule is Cc1c(C(=O)N2CCCC2(C)C(=O)O)nnn1-c1ccc(F)c(Cl)c1. The number of carboxylic acid groups (broad SMARTS) is 1. The molecule has 1 aromatic heterocycles. The van der Waals surface area contributed by atoms with Crippen LogP contribution in [0.2, 0.25) is 5.02 Å². The van der Waals surface area contributed by atoms with Gasteiger partial charge >= 0.3 is 5.97 Å². The Morgan fingerprint density at radius 3 is 2.76 bits per heavy atom. The largest absolute Gasteiger partial charge is 0.480 e. The maximum Gasteiger partial charge on any atom is 0.329 e. The van der Waals surface area contributed by atoms with Gasteiger partial charge in [0.2, 0.25) is 0 Å². The zero-order valence-corrected chi connectivity index (χ0v) is 14.4. The lowest BCUT2D eigenvalue weighted by Crippen LogP contribution is -2.51. The summed E-state index contributed by atoms with van der Waals surface area (Å²) < 4.78 is 14.7. The molecule has 1 saturated heterocycles. The van der Waals surface area contributed by atoms with Crippen LogP contribution in [0.25, 0.3) is 5.69 Å². The maximum atomic E-state index is 13.3. The van der Waals surface area contributed by atoms with Gasteiger partial charge < -0.3 is 10.0 Å². The van der Waals surface area contributed by atoms with Gasteiger partial charge in [-0.05, 0) is 44.9 Å². The smallest absolute Gasteiger partial charge is 0.329 e. The fourth-order valence-electron chi connectivity index (χ4n) is 3.03. The van der Waals surface area contributed by atoms with Gasteiger partial charge in [-0.2, -0.15) is 0 Å². The van der Waals surface area contributed by atoms with E-state index >= 15 is 0 Å². The van der Waals surface area contributed by atoms with Crippen molar-refractivity contribution in [1.82, 2.24) is 19.9 Å². The Bertz CT molecular complexity index is 869. The van der Waals surface area contributed by atoms with Crippen molar-refractivity contribution >= 4 is 23.5 Å². The fraction of sp³-hybridized carbons (Fsp3) is 0.375. The van der Waals surface area contributed by atoms with Crippen molar-refractivity contribution in [2.75, 3.05) is 6.54 Å². The van der Waals surface area contributed by atoms with Gasteiger partial charge in [0.05, 0.1) is 16.4 Å². The predicted molar refractivity (Wildman–Crippen MR) is 87.4 cm³/mol. The van der Waals surface area contributed by atoms with Gasteiger partial charge in [0.1, 0.15) is 11.4 Å². The Morgan fingerprint density at radius 2 is 2.12 bits per heavy atom. The van der Waals surface area contributed by atoms with Crippen molar-refractivity contribution in [3.05, 3.63) is 40.4 Å². The highest BCUT2D eigenvalue weighted by Crippen LogP contribution is 2.31. The molecule has 1 atom stereocenters. The molecule has 0 spiro atoms. The van der Waals surface area contributed by atoms with Crippen LogP contribution in [0.1, 0.15) is 35.9 Å². The molecule has 2 aromatic rings. The van der Waals surface area contributed by atoms with E-state index in [1.54, 1.807) is 6.92 Å². The number of hydrogen-bond acceptors (Lipinski definition) is 4. The number of carbonyl (C=O) groups excluding carboxylic acids is 1. The topological polar surface area (TPSA) is 88.3 Å². The minimum Gasteiger partial charge on any atom is -0.480 e. The summed E-state index contributed by atoms with van der Waals surface area (Å²) in [6.07, 6.45) is 0.990. The Labute approximate surface area is 148 Å². The molecule has 0 radical (unpaired) electrons. The van der Waals surface area contributed by atoms with Crippen LogP contribution in [-0.4, -0.2) is 49.0 Å². The second kappa shape index (κ2) is 6.11. The lowest BCUT2D eigenvalue weighted by Gasteiger charge is -2.30. The minimum absolute atomic E-state index is 0.0647. The monoisotopic (exact) mass is 366 g/mol. The second-order valence-electron chi connectivity index (χ2n) is 6.17. The first-order chi connectivity index (χ1) is 11.8. The summed E-state index contributed by atoms with van der Waals surface area (Å²) in [5.41, 5.74) is -0.313. The van der Waals surface area contributed by atoms with Crippen LogP contribution in [0, 0.1) is 12.7 Å². The van der Waals surface area contributed by atoms with E-state index in [2.05, 4.69) is 10.3 Å². The Kier molecular flexibility index (Phi) is 4.24. The van der Waals surface area contributed by atoms with Crippen LogP contribution in [-0.2, 0) is 4.79 Å². The van der Waals surface area contributed by atoms with Crippen LogP contribution in [0.3, 0.4) is 0 Å². The molecular formula is C16H16ClFN4O3. The normalized spacial score (nSPS) is 20.1. The number of carbonyl (C=O) groups is 2. The summed E-state index contributed by atoms with van der Waals surface area (Å²) >= 11 is 5.78. The van der Waals surface area contributed by atoms with Gasteiger partial charge in [-0.1, -0.05) is 16.8 Å². The number of likely N-dealkylation sites (tertiary alicyclic amines) is 1. The molecule has 1 aliphatic heterocycles. The fourth-order valence-corrected chi connectivity index (χ4v) is 3.20. The lowest BCUT2D eigenvalue weighted by atomic mass is 9.99. The van der Waals surface area contributed by atoms with E-state index in [0.29, 0.717) is 30.8 Å². The number of hydrogen-bond donors (Lipinski definition) is 1. The van der Waals surface area contributed by atoms with Crippen molar-refractivity contribution in [1.29, 1.82) is 0 Å². The lowest BCUT2D eigenvalue weighted by molar-refractivity contribution is -0.147. The van der Waals surface area contributed by atoms with E-state index in [1.165, 1.54) is 34.7 Å². The number of halogens is 2. The van der Waals surface area contributed by atoms with Gasteiger partial charge in [0.15, 0.2) is 5.69 Å². The molecule has 1 N–H and O–H groups in total. The number of aliphatic carboxylic acids is 1. The van der Waals surface area contributed by atoms with Crippen LogP contribution < -0.4 is 0 Å². The van der Waals surface area contributed by atoms with E-state index in [1.807, 2.05) is 0 Å². The summed E-state index contributed by atoms with van der Waals surface area (Å²) in [7, 11) is 0. The average molecular weight is 367 g/mol. The summed E-state index contributed by atoms with van der Waals surface area (Å²) in [5, 5.41) is 17.2. The van der Waals surface area contributed by atoms with E-state index in [0.717, 1.165) is 0 Å². The number of aromatic nitrogens is 3. The number of amides is 1. The molecule has 25 heavy (non-hydrogen) atoms. The van der Waals surface area contributed by atoms with Gasteiger partial charge in [0, 0.05) is 6.54 Å². The van der Waals surface area contributed by atoms with E-state index in [-0.39, 0.29) is 10.7 Å². The average Bonchev–Trinajstić information content (AvgIpc) is 3.14. The van der Waals surface area contributed by atoms with E-state index in [4.69, 9.17) is 11.6 Å². The van der Waals surface area contributed by atoms with E-state index in [9.17, 15) is 19.1 Å². The van der Waals surface area contributed by atoms with E-state index < -0.39 is 23.2 Å². The summed E-state index contributed by atoms with van der Waals surface area (Å²) in [4.78, 5) is 25.7. The van der Waals surface area contributed by atoms with Crippen LogP contribution in [0.4, 0.5) is 4.39 Å². The number of nitrogens with zero attached hydrogens (tertiary/aromatic N) is 4. The van der Waals surface area contributed by atoms with Gasteiger partial charge in [0.25, 0.3) is 5.91 Å². The maximum absolute atomic E-state index is 13.3. The predicted octanol–water partition coefficient (Wildman–Crippen LogP) is 2.45. The first-order valence-electron chi connectivity index (χ1n) is 7.69. The zero-order valence-electron chi connectivity index (χ0n) is 13.7. The van der Waals surface area contributed by atoms with Crippen molar-refractivity contribution in [2.24, 2.45) is 0 Å². The van der Waals surface area contributed by atoms with Crippen LogP contribution >= 0.6 is 11.6 Å². The van der Waals surface area contributed by atoms with Gasteiger partial charge in [-0.15, -0.1) is 5.10 Å². The van der Waals surface area contributed by atoms with Crippen molar-refractivity contribution in [3.8, 4) is 5.69 Å². The Morgan fingerprint density at radius 1 is 1.40 bits per heavy atom. The molecule has 132 valence electrons. The third-order valence-corrected chi connectivity index (χ3v) is 4.88. The Balaban J connectivity index is 1.97. The third kappa shape index (κ3) is 2.76. The van der Waals surface area contributed by atoms with Crippen molar-refractivity contribution in [3.63, 3.8) is 0 Å². The van der Waals surface area contributed by atoms with Crippen molar-refractivity contribution < 1.29 is 19.1 Å². The molecule has 1 aliphatic rings. The van der Waals surface area contributed by atoms with Gasteiger partial charge in [-0.25, -0.2) is 13.9 Å². The van der Waals surface area contributed by atoms with Gasteiger partial charge in [-0.3, -0.25) is 4.79 Å². The first kappa shape index (κ1) is 17.3. The molecule has 1 aromatic carbocycles. The minimum atomic E-state index is -1.26. The quantitative estimate of drug-likeness (QED) is 0.901. The molecule has 7 nitrogen and oxygen atoms in total. The molecule has 1 fully saturated rings. The second-order valence-corrected chi connectivity index (χ2v) is 6.58. The molecule has 0 saturated carbocycles. The molecule has 1 amide bonds. The Hall–Kier alpha value is -2.48.